The molecule has 0 spiro atoms. The summed E-state index contributed by atoms with van der Waals surface area (Å²) in [6, 6.07) is 30.0. The van der Waals surface area contributed by atoms with Crippen LogP contribution in [-0.2, 0) is 39.3 Å². The molecule has 10 heteroatoms. The second-order valence-corrected chi connectivity index (χ2v) is 20.9. The summed E-state index contributed by atoms with van der Waals surface area (Å²) in [7, 11) is -0.274. The van der Waals surface area contributed by atoms with Crippen molar-refractivity contribution in [3.05, 3.63) is 161 Å². The van der Waals surface area contributed by atoms with Crippen molar-refractivity contribution >= 4 is 54.8 Å². The highest BCUT2D eigenvalue weighted by Crippen LogP contribution is 2.51. The number of unbranched alkanes of at least 4 members (excludes halogenated alkanes) is 3. The lowest BCUT2D eigenvalue weighted by Gasteiger charge is -2.30. The fraction of sp³-hybridized carbons (Fsp3) is 0.375. The number of aromatic nitrogens is 1. The number of allylic oxidation sites excluding steroid dienone is 7. The first-order valence-corrected chi connectivity index (χ1v) is 25.3. The van der Waals surface area contributed by atoms with Crippen molar-refractivity contribution in [3.8, 4) is 0 Å². The second-order valence-electron chi connectivity index (χ2n) is 19.3. The van der Waals surface area contributed by atoms with Gasteiger partial charge in [-0.15, -0.1) is 0 Å². The van der Waals surface area contributed by atoms with Crippen LogP contribution >= 0.6 is 0 Å². The minimum absolute atomic E-state index is 0.156. The molecule has 2 aliphatic heterocycles. The molecule has 9 nitrogen and oxygen atoms in total. The number of pyridine rings is 1. The summed E-state index contributed by atoms with van der Waals surface area (Å²) in [6.45, 7) is 13.1. The molecule has 3 heterocycles. The van der Waals surface area contributed by atoms with Gasteiger partial charge in [-0.25, -0.2) is 9.36 Å². The maximum Gasteiger partial charge on any atom is 0.414 e. The Hall–Kier alpha value is -5.84. The first-order chi connectivity index (χ1) is 31.6. The molecule has 0 saturated heterocycles. The van der Waals surface area contributed by atoms with Gasteiger partial charge >= 0.3 is 6.09 Å². The Morgan fingerprint density at radius 1 is 0.818 bits per heavy atom. The Labute approximate surface area is 391 Å². The van der Waals surface area contributed by atoms with Crippen molar-refractivity contribution in [2.24, 2.45) is 7.05 Å². The molecule has 1 aliphatic carbocycles. The van der Waals surface area contributed by atoms with Gasteiger partial charge in [-0.2, -0.15) is 13.0 Å². The van der Waals surface area contributed by atoms with E-state index in [9.17, 15) is 17.8 Å². The quantitative estimate of drug-likeness (QED) is 0.0639. The SMILES string of the molecule is CCCCC[N+]1=C(/C=C/C2=C(N(C)C(=O)OCc3cc[n+](C)cc3)C(=C/C=C3/N(CCCCS(=O)(=O)O)c4ccc5ccccc5c4C3(C)C)/CCC2)C(C)(C)c2c1ccc1ccccc21. The summed E-state index contributed by atoms with van der Waals surface area (Å²) in [5.74, 6) is -0.275. The molecular formula is C56H66N4O5S+2. The third-order valence-corrected chi connectivity index (χ3v) is 14.7. The largest absolute Gasteiger partial charge is 0.444 e. The summed E-state index contributed by atoms with van der Waals surface area (Å²) in [4.78, 5) is 18.3. The van der Waals surface area contributed by atoms with Crippen LogP contribution in [0.2, 0.25) is 0 Å². The average molecular weight is 907 g/mol. The fourth-order valence-corrected chi connectivity index (χ4v) is 11.2. The lowest BCUT2D eigenvalue weighted by Crippen LogP contribution is -2.31. The molecule has 0 saturated carbocycles. The molecule has 1 aromatic heterocycles. The molecule has 5 aromatic rings. The maximum absolute atomic E-state index is 14.2. The van der Waals surface area contributed by atoms with Crippen molar-refractivity contribution in [3.63, 3.8) is 0 Å². The van der Waals surface area contributed by atoms with Crippen LogP contribution in [0.1, 0.15) is 103 Å². The number of carbonyl (C=O) groups is 1. The van der Waals surface area contributed by atoms with Gasteiger partial charge in [0.2, 0.25) is 5.69 Å². The van der Waals surface area contributed by atoms with Crippen molar-refractivity contribution in [1.82, 2.24) is 4.90 Å². The number of nitrogens with zero attached hydrogens (tertiary/aromatic N) is 4. The van der Waals surface area contributed by atoms with Gasteiger partial charge in [-0.05, 0) is 109 Å². The molecule has 0 fully saturated rings. The third kappa shape index (κ3) is 9.40. The summed E-state index contributed by atoms with van der Waals surface area (Å²) >= 11 is 0. The lowest BCUT2D eigenvalue weighted by molar-refractivity contribution is -0.671. The molecule has 8 rings (SSSR count). The lowest BCUT2D eigenvalue weighted by atomic mass is 9.78. The molecule has 344 valence electrons. The van der Waals surface area contributed by atoms with E-state index in [4.69, 9.17) is 4.74 Å². The van der Waals surface area contributed by atoms with E-state index < -0.39 is 21.6 Å². The number of hydrogen-bond donors (Lipinski definition) is 1. The molecule has 66 heavy (non-hydrogen) atoms. The van der Waals surface area contributed by atoms with Crippen LogP contribution < -0.4 is 9.47 Å². The van der Waals surface area contributed by atoms with Crippen LogP contribution in [0.5, 0.6) is 0 Å². The number of fused-ring (bicyclic) bond motifs is 6. The van der Waals surface area contributed by atoms with Gasteiger partial charge in [0.1, 0.15) is 20.2 Å². The molecule has 4 aromatic carbocycles. The number of anilines is 1. The van der Waals surface area contributed by atoms with E-state index in [0.717, 1.165) is 84.2 Å². The minimum atomic E-state index is -4.07. The number of amides is 1. The van der Waals surface area contributed by atoms with Gasteiger partial charge in [-0.1, -0.05) is 93.9 Å². The van der Waals surface area contributed by atoms with E-state index in [-0.39, 0.29) is 17.8 Å². The monoisotopic (exact) mass is 906 g/mol. The number of rotatable bonds is 15. The molecule has 0 radical (unpaired) electrons. The predicted molar refractivity (Wildman–Crippen MR) is 268 cm³/mol. The van der Waals surface area contributed by atoms with Crippen LogP contribution in [0.25, 0.3) is 21.5 Å². The molecule has 0 unspecified atom stereocenters. The number of likely N-dealkylation sites (N-methyl/N-ethyl adjacent to an activating group) is 1. The molecule has 0 bridgehead atoms. The Bertz CT molecular complexity index is 2940. The van der Waals surface area contributed by atoms with Crippen LogP contribution in [0.4, 0.5) is 16.2 Å². The minimum Gasteiger partial charge on any atom is -0.444 e. The zero-order valence-corrected chi connectivity index (χ0v) is 40.6. The third-order valence-electron chi connectivity index (χ3n) is 13.9. The number of carbonyl (C=O) groups excluding carboxylic acids is 1. The van der Waals surface area contributed by atoms with Crippen LogP contribution in [0.3, 0.4) is 0 Å². The van der Waals surface area contributed by atoms with E-state index in [2.05, 4.69) is 141 Å². The van der Waals surface area contributed by atoms with E-state index in [1.165, 1.54) is 38.7 Å². The molecule has 1 N–H and O–H groups in total. The maximum atomic E-state index is 14.2. The van der Waals surface area contributed by atoms with E-state index in [1.807, 2.05) is 43.2 Å². The van der Waals surface area contributed by atoms with Crippen molar-refractivity contribution in [2.75, 3.05) is 30.8 Å². The summed E-state index contributed by atoms with van der Waals surface area (Å²) in [5.41, 5.74) is 10.5. The predicted octanol–water partition coefficient (Wildman–Crippen LogP) is 11.9. The Morgan fingerprint density at radius 3 is 2.20 bits per heavy atom. The highest BCUT2D eigenvalue weighted by Gasteiger charge is 2.46. The number of benzene rings is 4. The van der Waals surface area contributed by atoms with E-state index in [0.29, 0.717) is 19.4 Å². The van der Waals surface area contributed by atoms with Crippen molar-refractivity contribution in [1.29, 1.82) is 0 Å². The van der Waals surface area contributed by atoms with Crippen LogP contribution in [-0.4, -0.2) is 60.1 Å². The molecule has 3 aliphatic rings. The number of ether oxygens (including phenoxy) is 1. The fourth-order valence-electron chi connectivity index (χ4n) is 10.6. The average Bonchev–Trinajstić information content (AvgIpc) is 3.66. The summed E-state index contributed by atoms with van der Waals surface area (Å²) in [5, 5.41) is 4.88. The molecule has 1 amide bonds. The van der Waals surface area contributed by atoms with E-state index in [1.54, 1.807) is 4.90 Å². The highest BCUT2D eigenvalue weighted by molar-refractivity contribution is 7.85. The number of aryl methyl sites for hydroxylation is 1. The number of hydrogen-bond acceptors (Lipinski definition) is 5. The van der Waals surface area contributed by atoms with Gasteiger partial charge < -0.3 is 9.64 Å². The normalized spacial score (nSPS) is 18.0. The van der Waals surface area contributed by atoms with Gasteiger partial charge in [0.05, 0.1) is 16.9 Å². The summed E-state index contributed by atoms with van der Waals surface area (Å²) < 4.78 is 43.4. The Morgan fingerprint density at radius 2 is 1.50 bits per heavy atom. The highest BCUT2D eigenvalue weighted by atomic mass is 32.2. The standard InChI is InChI=1S/C56H65N4O5S/c1-8-9-14-34-59-47-28-24-41-18-10-12-22-45(41)51(47)55(2,3)49(59)30-26-43-20-17-21-44(53(43)58(7)54(61)65-39-40-32-36-57(6)37-33-40)27-31-50-56(4,5)52-46-23-13-11-19-42(46)25-29-48(52)60(50)35-15-16-38-66(62,63)64/h10-13,18-19,22-33,36-37H,8-9,14-17,20-21,34-35,38-39H2,1-7H3/q+1/p+1. The van der Waals surface area contributed by atoms with Crippen LogP contribution in [0.15, 0.2) is 144 Å². The van der Waals surface area contributed by atoms with Crippen molar-refractivity contribution in [2.45, 2.75) is 103 Å². The topological polar surface area (TPSA) is 94.0 Å². The Kier molecular flexibility index (Phi) is 13.6. The smallest absolute Gasteiger partial charge is 0.414 e. The molecular weight excluding hydrogens is 841 g/mol. The van der Waals surface area contributed by atoms with Gasteiger partial charge in [-0.3, -0.25) is 9.45 Å². The van der Waals surface area contributed by atoms with Gasteiger partial charge in [0.15, 0.2) is 18.1 Å². The van der Waals surface area contributed by atoms with Crippen LogP contribution in [0, 0.1) is 0 Å². The summed E-state index contributed by atoms with van der Waals surface area (Å²) in [6.07, 6.45) is 19.3. The van der Waals surface area contributed by atoms with Gasteiger partial charge in [0.25, 0.3) is 10.1 Å². The first-order valence-electron chi connectivity index (χ1n) is 23.7. The van der Waals surface area contributed by atoms with Gasteiger partial charge in [0, 0.05) is 72.2 Å². The van der Waals surface area contributed by atoms with Crippen molar-refractivity contribution < 1.29 is 31.6 Å². The molecule has 0 atom stereocenters. The second kappa shape index (κ2) is 19.2. The first kappa shape index (κ1) is 46.7. The zero-order chi connectivity index (χ0) is 46.8. The zero-order valence-electron chi connectivity index (χ0n) is 39.8. The Balaban J connectivity index is 1.23. The van der Waals surface area contributed by atoms with E-state index >= 15 is 0 Å².